The smallest absolute Gasteiger partial charge is 0.336 e. The normalized spacial score (nSPS) is 19.8. The van der Waals surface area contributed by atoms with E-state index in [2.05, 4.69) is 4.90 Å². The Kier molecular flexibility index (Phi) is 3.46. The molecule has 2 aromatic rings. The summed E-state index contributed by atoms with van der Waals surface area (Å²) >= 11 is 0. The maximum absolute atomic E-state index is 11.6. The lowest BCUT2D eigenvalue weighted by Crippen LogP contribution is -2.31. The van der Waals surface area contributed by atoms with E-state index in [1.54, 1.807) is 12.1 Å². The van der Waals surface area contributed by atoms with Crippen molar-refractivity contribution >= 4 is 11.0 Å². The van der Waals surface area contributed by atoms with Crippen LogP contribution in [0, 0.1) is 0 Å². The van der Waals surface area contributed by atoms with Crippen molar-refractivity contribution in [3.63, 3.8) is 0 Å². The number of likely N-dealkylation sites (tertiary alicyclic amines) is 1. The summed E-state index contributed by atoms with van der Waals surface area (Å²) in [5, 5.41) is 19.7. The average molecular weight is 275 g/mol. The molecule has 0 spiro atoms. The third-order valence-corrected chi connectivity index (χ3v) is 3.90. The van der Waals surface area contributed by atoms with E-state index in [-0.39, 0.29) is 18.4 Å². The highest BCUT2D eigenvalue weighted by Gasteiger charge is 2.24. The first kappa shape index (κ1) is 13.1. The van der Waals surface area contributed by atoms with Crippen LogP contribution in [-0.4, -0.2) is 34.3 Å². The number of rotatable bonds is 3. The highest BCUT2D eigenvalue weighted by Crippen LogP contribution is 2.25. The number of phenols is 1. The van der Waals surface area contributed by atoms with Crippen LogP contribution in [0.5, 0.6) is 5.75 Å². The Morgan fingerprint density at radius 1 is 1.35 bits per heavy atom. The molecule has 0 bridgehead atoms. The first-order chi connectivity index (χ1) is 9.67. The van der Waals surface area contributed by atoms with Gasteiger partial charge < -0.3 is 14.6 Å². The fourth-order valence-electron chi connectivity index (χ4n) is 2.88. The molecule has 1 aliphatic rings. The molecule has 1 aromatic heterocycles. The fourth-order valence-corrected chi connectivity index (χ4v) is 2.88. The molecule has 1 saturated heterocycles. The number of hydrogen-bond donors (Lipinski definition) is 2. The minimum absolute atomic E-state index is 0.0761. The molecule has 1 aliphatic heterocycles. The predicted octanol–water partition coefficient (Wildman–Crippen LogP) is 1.46. The number of phenolic OH excluding ortho intramolecular Hbond substituents is 1. The molecule has 0 amide bonds. The van der Waals surface area contributed by atoms with Crippen molar-refractivity contribution in [2.75, 3.05) is 13.2 Å². The van der Waals surface area contributed by atoms with Crippen LogP contribution in [0.25, 0.3) is 11.0 Å². The Labute approximate surface area is 116 Å². The van der Waals surface area contributed by atoms with Gasteiger partial charge in [0.05, 0.1) is 6.61 Å². The van der Waals surface area contributed by atoms with Crippen LogP contribution in [0.4, 0.5) is 0 Å². The van der Waals surface area contributed by atoms with Crippen molar-refractivity contribution < 1.29 is 14.6 Å². The SMILES string of the molecule is O=c1cc(CN2CCC[C@@H]2CO)c2ccc(O)cc2o1. The zero-order valence-electron chi connectivity index (χ0n) is 11.1. The number of benzene rings is 1. The van der Waals surface area contributed by atoms with Crippen LogP contribution in [0.3, 0.4) is 0 Å². The maximum atomic E-state index is 11.6. The van der Waals surface area contributed by atoms with E-state index >= 15 is 0 Å². The lowest BCUT2D eigenvalue weighted by Gasteiger charge is -2.23. The van der Waals surface area contributed by atoms with Crippen LogP contribution in [0.15, 0.2) is 33.5 Å². The van der Waals surface area contributed by atoms with E-state index in [1.165, 1.54) is 12.1 Å². The van der Waals surface area contributed by atoms with E-state index in [9.17, 15) is 15.0 Å². The van der Waals surface area contributed by atoms with Crippen LogP contribution < -0.4 is 5.63 Å². The quantitative estimate of drug-likeness (QED) is 0.829. The summed E-state index contributed by atoms with van der Waals surface area (Å²) in [4.78, 5) is 13.8. The van der Waals surface area contributed by atoms with Gasteiger partial charge >= 0.3 is 5.63 Å². The zero-order valence-corrected chi connectivity index (χ0v) is 11.1. The fraction of sp³-hybridized carbons (Fsp3) is 0.400. The van der Waals surface area contributed by atoms with Gasteiger partial charge in [-0.1, -0.05) is 0 Å². The van der Waals surface area contributed by atoms with Crippen molar-refractivity contribution in [1.82, 2.24) is 4.90 Å². The molecule has 2 N–H and O–H groups in total. The van der Waals surface area contributed by atoms with Gasteiger partial charge in [-0.15, -0.1) is 0 Å². The number of nitrogens with zero attached hydrogens (tertiary/aromatic N) is 1. The molecule has 5 nitrogen and oxygen atoms in total. The summed E-state index contributed by atoms with van der Waals surface area (Å²) in [6.45, 7) is 1.67. The van der Waals surface area contributed by atoms with Gasteiger partial charge in [-0.2, -0.15) is 0 Å². The van der Waals surface area contributed by atoms with Crippen LogP contribution in [-0.2, 0) is 6.54 Å². The number of fused-ring (bicyclic) bond motifs is 1. The van der Waals surface area contributed by atoms with Crippen molar-refractivity contribution in [1.29, 1.82) is 0 Å². The summed E-state index contributed by atoms with van der Waals surface area (Å²) in [5.41, 5.74) is 0.849. The van der Waals surface area contributed by atoms with Crippen molar-refractivity contribution in [3.05, 3.63) is 40.2 Å². The topological polar surface area (TPSA) is 73.9 Å². The number of aromatic hydroxyl groups is 1. The summed E-state index contributed by atoms with van der Waals surface area (Å²) in [7, 11) is 0. The monoisotopic (exact) mass is 275 g/mol. The second kappa shape index (κ2) is 5.26. The highest BCUT2D eigenvalue weighted by molar-refractivity contribution is 5.81. The molecule has 0 saturated carbocycles. The summed E-state index contributed by atoms with van der Waals surface area (Å²) in [6, 6.07) is 6.45. The maximum Gasteiger partial charge on any atom is 0.336 e. The molecule has 1 atom stereocenters. The van der Waals surface area contributed by atoms with E-state index in [1.807, 2.05) is 0 Å². The van der Waals surface area contributed by atoms with Crippen molar-refractivity contribution in [2.45, 2.75) is 25.4 Å². The first-order valence-electron chi connectivity index (χ1n) is 6.78. The highest BCUT2D eigenvalue weighted by atomic mass is 16.4. The summed E-state index contributed by atoms with van der Waals surface area (Å²) in [5.74, 6) is 0.0761. The average Bonchev–Trinajstić information content (AvgIpc) is 2.85. The zero-order chi connectivity index (χ0) is 14.1. The van der Waals surface area contributed by atoms with Gasteiger partial charge in [-0.05, 0) is 37.1 Å². The molecule has 5 heteroatoms. The molecular weight excluding hydrogens is 258 g/mol. The number of aliphatic hydroxyl groups is 1. The van der Waals surface area contributed by atoms with E-state index in [0.717, 1.165) is 30.3 Å². The van der Waals surface area contributed by atoms with E-state index in [0.29, 0.717) is 12.1 Å². The largest absolute Gasteiger partial charge is 0.508 e. The van der Waals surface area contributed by atoms with Crippen molar-refractivity contribution in [3.8, 4) is 5.75 Å². The molecule has 0 unspecified atom stereocenters. The predicted molar refractivity (Wildman–Crippen MR) is 74.7 cm³/mol. The van der Waals surface area contributed by atoms with Crippen LogP contribution >= 0.6 is 0 Å². The third kappa shape index (κ3) is 2.42. The molecule has 1 fully saturated rings. The van der Waals surface area contributed by atoms with Crippen molar-refractivity contribution in [2.24, 2.45) is 0 Å². The van der Waals surface area contributed by atoms with Gasteiger partial charge in [0.25, 0.3) is 0 Å². The molecule has 3 rings (SSSR count). The minimum atomic E-state index is -0.419. The van der Waals surface area contributed by atoms with Gasteiger partial charge in [0.2, 0.25) is 0 Å². The van der Waals surface area contributed by atoms with Gasteiger partial charge in [0, 0.05) is 30.1 Å². The van der Waals surface area contributed by atoms with Gasteiger partial charge in [-0.3, -0.25) is 4.90 Å². The molecule has 0 radical (unpaired) electrons. The first-order valence-corrected chi connectivity index (χ1v) is 6.78. The number of aliphatic hydroxyl groups excluding tert-OH is 1. The van der Waals surface area contributed by atoms with Crippen LogP contribution in [0.1, 0.15) is 18.4 Å². The Bertz CT molecular complexity index is 679. The molecular formula is C15H17NO4. The Hall–Kier alpha value is -1.85. The molecule has 106 valence electrons. The Balaban J connectivity index is 2.00. The Morgan fingerprint density at radius 2 is 2.20 bits per heavy atom. The third-order valence-electron chi connectivity index (χ3n) is 3.90. The van der Waals surface area contributed by atoms with Gasteiger partial charge in [-0.25, -0.2) is 4.79 Å². The number of hydrogen-bond acceptors (Lipinski definition) is 5. The summed E-state index contributed by atoms with van der Waals surface area (Å²) < 4.78 is 5.12. The summed E-state index contributed by atoms with van der Waals surface area (Å²) in [6.07, 6.45) is 2.04. The Morgan fingerprint density at radius 3 is 3.00 bits per heavy atom. The van der Waals surface area contributed by atoms with Gasteiger partial charge in [0.15, 0.2) is 0 Å². The van der Waals surface area contributed by atoms with Gasteiger partial charge in [0.1, 0.15) is 11.3 Å². The molecule has 1 aromatic carbocycles. The molecule has 0 aliphatic carbocycles. The van der Waals surface area contributed by atoms with E-state index in [4.69, 9.17) is 4.42 Å². The van der Waals surface area contributed by atoms with Crippen LogP contribution in [0.2, 0.25) is 0 Å². The standard InChI is InChI=1S/C15H17NO4/c17-9-11-2-1-5-16(11)8-10-6-15(19)20-14-7-12(18)3-4-13(10)14/h3-4,6-7,11,17-18H,1-2,5,8-9H2/t11-/m1/s1. The lowest BCUT2D eigenvalue weighted by atomic mass is 10.1. The molecule has 20 heavy (non-hydrogen) atoms. The minimum Gasteiger partial charge on any atom is -0.508 e. The lowest BCUT2D eigenvalue weighted by molar-refractivity contribution is 0.154. The molecule has 2 heterocycles. The van der Waals surface area contributed by atoms with E-state index < -0.39 is 5.63 Å². The second-order valence-corrected chi connectivity index (χ2v) is 5.22. The second-order valence-electron chi connectivity index (χ2n) is 5.22.